The molecule has 0 radical (unpaired) electrons. The Morgan fingerprint density at radius 2 is 2.00 bits per heavy atom. The van der Waals surface area contributed by atoms with Crippen LogP contribution in [0.4, 0.5) is 0 Å². The van der Waals surface area contributed by atoms with Crippen LogP contribution in [0, 0.1) is 11.3 Å². The van der Waals surface area contributed by atoms with Crippen LogP contribution in [-0.4, -0.2) is 19.5 Å². The summed E-state index contributed by atoms with van der Waals surface area (Å²) >= 11 is 0. The number of aldehydes is 1. The van der Waals surface area contributed by atoms with Crippen molar-refractivity contribution in [3.63, 3.8) is 0 Å². The smallest absolute Gasteiger partial charge is 0.125 e. The molecule has 13 heavy (non-hydrogen) atoms. The van der Waals surface area contributed by atoms with Gasteiger partial charge in [0.05, 0.1) is 0 Å². The second-order valence-corrected chi connectivity index (χ2v) is 4.70. The van der Waals surface area contributed by atoms with E-state index in [2.05, 4.69) is 0 Å². The van der Waals surface area contributed by atoms with Gasteiger partial charge < -0.3 is 9.53 Å². The molecule has 1 fully saturated rings. The highest BCUT2D eigenvalue weighted by molar-refractivity contribution is 5.57. The predicted molar refractivity (Wildman–Crippen MR) is 52.6 cm³/mol. The monoisotopic (exact) mass is 184 g/mol. The molecule has 0 saturated carbocycles. The molecule has 2 nitrogen and oxygen atoms in total. The van der Waals surface area contributed by atoms with Gasteiger partial charge in [-0.05, 0) is 31.6 Å². The van der Waals surface area contributed by atoms with Crippen molar-refractivity contribution in [3.05, 3.63) is 0 Å². The third-order valence-electron chi connectivity index (χ3n) is 2.86. The van der Waals surface area contributed by atoms with Gasteiger partial charge in [-0.2, -0.15) is 0 Å². The molecule has 76 valence electrons. The summed E-state index contributed by atoms with van der Waals surface area (Å²) in [4.78, 5) is 10.7. The highest BCUT2D eigenvalue weighted by atomic mass is 16.5. The molecule has 0 atom stereocenters. The number of hydrogen-bond donors (Lipinski definition) is 0. The molecular weight excluding hydrogens is 164 g/mol. The van der Waals surface area contributed by atoms with E-state index in [0.717, 1.165) is 31.8 Å². The van der Waals surface area contributed by atoms with Crippen molar-refractivity contribution in [2.24, 2.45) is 11.3 Å². The van der Waals surface area contributed by atoms with Crippen molar-refractivity contribution in [3.8, 4) is 0 Å². The Bertz CT molecular complexity index is 157. The fraction of sp³-hybridized carbons (Fsp3) is 0.909. The molecule has 1 heterocycles. The molecule has 1 aliphatic rings. The van der Waals surface area contributed by atoms with Gasteiger partial charge in [0, 0.05) is 18.6 Å². The summed E-state index contributed by atoms with van der Waals surface area (Å²) in [7, 11) is 0. The summed E-state index contributed by atoms with van der Waals surface area (Å²) in [5, 5.41) is 0. The Morgan fingerprint density at radius 1 is 1.38 bits per heavy atom. The molecule has 0 N–H and O–H groups in total. The summed E-state index contributed by atoms with van der Waals surface area (Å²) in [6, 6.07) is 0. The van der Waals surface area contributed by atoms with Crippen LogP contribution in [-0.2, 0) is 9.53 Å². The molecule has 1 rings (SSSR count). The number of ether oxygens (including phenoxy) is 1. The average molecular weight is 184 g/mol. The van der Waals surface area contributed by atoms with Gasteiger partial charge in [0.2, 0.25) is 0 Å². The van der Waals surface area contributed by atoms with Gasteiger partial charge in [0.1, 0.15) is 6.29 Å². The van der Waals surface area contributed by atoms with Gasteiger partial charge in [-0.15, -0.1) is 0 Å². The Balaban J connectivity index is 2.20. The van der Waals surface area contributed by atoms with E-state index in [4.69, 9.17) is 4.74 Å². The zero-order valence-corrected chi connectivity index (χ0v) is 8.71. The van der Waals surface area contributed by atoms with E-state index in [-0.39, 0.29) is 5.41 Å². The summed E-state index contributed by atoms with van der Waals surface area (Å²) in [6.07, 6.45) is 5.62. The number of carbonyl (C=O) groups excluding carboxylic acids is 1. The summed E-state index contributed by atoms with van der Waals surface area (Å²) in [5.41, 5.74) is -0.127. The first-order valence-electron chi connectivity index (χ1n) is 5.18. The van der Waals surface area contributed by atoms with Crippen molar-refractivity contribution in [2.45, 2.75) is 39.5 Å². The lowest BCUT2D eigenvalue weighted by atomic mass is 9.84. The first-order chi connectivity index (χ1) is 6.14. The van der Waals surface area contributed by atoms with E-state index >= 15 is 0 Å². The molecular formula is C11H20O2. The lowest BCUT2D eigenvalue weighted by Crippen LogP contribution is -2.19. The van der Waals surface area contributed by atoms with E-state index < -0.39 is 0 Å². The van der Waals surface area contributed by atoms with Crippen molar-refractivity contribution >= 4 is 6.29 Å². The first kappa shape index (κ1) is 10.7. The molecule has 0 bridgehead atoms. The van der Waals surface area contributed by atoms with Gasteiger partial charge in [0.15, 0.2) is 0 Å². The number of hydrogen-bond acceptors (Lipinski definition) is 2. The van der Waals surface area contributed by atoms with Crippen LogP contribution >= 0.6 is 0 Å². The fourth-order valence-electron chi connectivity index (χ4n) is 1.67. The molecule has 0 aromatic heterocycles. The number of carbonyl (C=O) groups is 1. The molecule has 0 aliphatic carbocycles. The second-order valence-electron chi connectivity index (χ2n) is 4.70. The molecule has 0 aromatic carbocycles. The largest absolute Gasteiger partial charge is 0.381 e. The van der Waals surface area contributed by atoms with Gasteiger partial charge in [-0.1, -0.05) is 13.8 Å². The summed E-state index contributed by atoms with van der Waals surface area (Å²) in [5.74, 6) is 0.785. The molecule has 0 unspecified atom stereocenters. The minimum Gasteiger partial charge on any atom is -0.381 e. The standard InChI is InChI=1S/C11H20O2/c1-11(2,9-12)6-3-10-4-7-13-8-5-10/h9-10H,3-8H2,1-2H3. The quantitative estimate of drug-likeness (QED) is 0.627. The molecule has 0 aromatic rings. The third-order valence-corrected chi connectivity index (χ3v) is 2.86. The van der Waals surface area contributed by atoms with Crippen LogP contribution in [0.25, 0.3) is 0 Å². The Kier molecular flexibility index (Phi) is 3.91. The van der Waals surface area contributed by atoms with Crippen molar-refractivity contribution in [1.29, 1.82) is 0 Å². The highest BCUT2D eigenvalue weighted by Crippen LogP contribution is 2.27. The van der Waals surface area contributed by atoms with Gasteiger partial charge >= 0.3 is 0 Å². The Labute approximate surface area is 80.7 Å². The lowest BCUT2D eigenvalue weighted by Gasteiger charge is -2.25. The first-order valence-corrected chi connectivity index (χ1v) is 5.18. The van der Waals surface area contributed by atoms with Gasteiger partial charge in [-0.25, -0.2) is 0 Å². The SMILES string of the molecule is CC(C)(C=O)CCC1CCOCC1. The predicted octanol–water partition coefficient (Wildman–Crippen LogP) is 2.42. The maximum atomic E-state index is 10.7. The molecule has 1 saturated heterocycles. The van der Waals surface area contributed by atoms with Crippen LogP contribution < -0.4 is 0 Å². The summed E-state index contributed by atoms with van der Waals surface area (Å²) in [6.45, 7) is 5.84. The Morgan fingerprint density at radius 3 is 2.54 bits per heavy atom. The summed E-state index contributed by atoms with van der Waals surface area (Å²) < 4.78 is 5.29. The molecule has 0 spiro atoms. The average Bonchev–Trinajstić information content (AvgIpc) is 2.17. The number of rotatable bonds is 4. The van der Waals surface area contributed by atoms with E-state index in [1.54, 1.807) is 0 Å². The van der Waals surface area contributed by atoms with Crippen LogP contribution in [0.2, 0.25) is 0 Å². The third kappa shape index (κ3) is 3.90. The normalized spacial score (nSPS) is 20.2. The van der Waals surface area contributed by atoms with Crippen LogP contribution in [0.1, 0.15) is 39.5 Å². The van der Waals surface area contributed by atoms with E-state index in [9.17, 15) is 4.79 Å². The van der Waals surface area contributed by atoms with Crippen molar-refractivity contribution < 1.29 is 9.53 Å². The zero-order chi connectivity index (χ0) is 9.73. The van der Waals surface area contributed by atoms with Gasteiger partial charge in [0.25, 0.3) is 0 Å². The van der Waals surface area contributed by atoms with Crippen LogP contribution in [0.15, 0.2) is 0 Å². The van der Waals surface area contributed by atoms with Crippen LogP contribution in [0.5, 0.6) is 0 Å². The second kappa shape index (κ2) is 4.75. The molecule has 2 heteroatoms. The highest BCUT2D eigenvalue weighted by Gasteiger charge is 2.20. The zero-order valence-electron chi connectivity index (χ0n) is 8.71. The van der Waals surface area contributed by atoms with Crippen LogP contribution in [0.3, 0.4) is 0 Å². The topological polar surface area (TPSA) is 26.3 Å². The van der Waals surface area contributed by atoms with E-state index in [1.165, 1.54) is 19.3 Å². The maximum absolute atomic E-state index is 10.7. The fourth-order valence-corrected chi connectivity index (χ4v) is 1.67. The van der Waals surface area contributed by atoms with Crippen molar-refractivity contribution in [1.82, 2.24) is 0 Å². The molecule has 1 aliphatic heterocycles. The minimum atomic E-state index is -0.127. The van der Waals surface area contributed by atoms with Crippen molar-refractivity contribution in [2.75, 3.05) is 13.2 Å². The maximum Gasteiger partial charge on any atom is 0.125 e. The Hall–Kier alpha value is -0.370. The van der Waals surface area contributed by atoms with Gasteiger partial charge in [-0.3, -0.25) is 0 Å². The van der Waals surface area contributed by atoms with E-state index in [0.29, 0.717) is 0 Å². The van der Waals surface area contributed by atoms with E-state index in [1.807, 2.05) is 13.8 Å². The lowest BCUT2D eigenvalue weighted by molar-refractivity contribution is -0.115. The molecule has 0 amide bonds. The minimum absolute atomic E-state index is 0.127.